The molecule has 2 aromatic rings. The maximum atomic E-state index is 12.0. The van der Waals surface area contributed by atoms with Crippen molar-refractivity contribution in [1.82, 2.24) is 9.13 Å². The van der Waals surface area contributed by atoms with Gasteiger partial charge in [-0.15, -0.1) is 10.2 Å². The molecule has 0 unspecified atom stereocenters. The lowest BCUT2D eigenvalue weighted by atomic mass is 10.3. The molecule has 0 radical (unpaired) electrons. The number of nitrogens with two attached hydrogens (primary N) is 1. The first-order chi connectivity index (χ1) is 9.43. The highest BCUT2D eigenvalue weighted by Gasteiger charge is 2.12. The second kappa shape index (κ2) is 5.30. The van der Waals surface area contributed by atoms with E-state index in [1.807, 2.05) is 0 Å². The highest BCUT2D eigenvalue weighted by molar-refractivity contribution is 6.32. The first-order valence-electron chi connectivity index (χ1n) is 5.65. The number of azo groups is 1. The summed E-state index contributed by atoms with van der Waals surface area (Å²) in [4.78, 5) is 23.6. The third-order valence-electron chi connectivity index (χ3n) is 2.80. The van der Waals surface area contributed by atoms with Crippen LogP contribution < -0.4 is 17.0 Å². The molecule has 2 rings (SSSR count). The molecular weight excluding hydrogens is 282 g/mol. The topological polar surface area (TPSA) is 94.7 Å². The van der Waals surface area contributed by atoms with Crippen LogP contribution in [0.2, 0.25) is 5.02 Å². The summed E-state index contributed by atoms with van der Waals surface area (Å²) >= 11 is 5.93. The van der Waals surface area contributed by atoms with Gasteiger partial charge in [0, 0.05) is 14.1 Å². The Balaban J connectivity index is 2.59. The molecule has 0 aliphatic rings. The van der Waals surface area contributed by atoms with Gasteiger partial charge >= 0.3 is 5.69 Å². The van der Waals surface area contributed by atoms with Gasteiger partial charge in [0.25, 0.3) is 5.56 Å². The molecule has 0 spiro atoms. The lowest BCUT2D eigenvalue weighted by molar-refractivity contribution is 0.694. The SMILES string of the molecule is Cn1c(N)c(N=Nc2ccccc2Cl)c(=O)n(C)c1=O. The Kier molecular flexibility index (Phi) is 3.71. The van der Waals surface area contributed by atoms with Gasteiger partial charge in [-0.3, -0.25) is 13.9 Å². The second-order valence-electron chi connectivity index (χ2n) is 4.09. The van der Waals surface area contributed by atoms with Crippen LogP contribution in [-0.4, -0.2) is 9.13 Å². The van der Waals surface area contributed by atoms with E-state index in [0.29, 0.717) is 10.7 Å². The van der Waals surface area contributed by atoms with Gasteiger partial charge in [-0.05, 0) is 12.1 Å². The van der Waals surface area contributed by atoms with Gasteiger partial charge in [-0.2, -0.15) is 0 Å². The monoisotopic (exact) mass is 293 g/mol. The zero-order valence-electron chi connectivity index (χ0n) is 10.9. The van der Waals surface area contributed by atoms with Crippen molar-refractivity contribution < 1.29 is 0 Å². The van der Waals surface area contributed by atoms with Crippen molar-refractivity contribution in [1.29, 1.82) is 0 Å². The molecule has 0 saturated heterocycles. The molecule has 20 heavy (non-hydrogen) atoms. The zero-order chi connectivity index (χ0) is 14.9. The van der Waals surface area contributed by atoms with Crippen molar-refractivity contribution >= 4 is 28.8 Å². The molecule has 0 amide bonds. The Hall–Kier alpha value is -2.41. The smallest absolute Gasteiger partial charge is 0.332 e. The number of hydrogen-bond acceptors (Lipinski definition) is 5. The molecule has 0 fully saturated rings. The molecule has 1 heterocycles. The van der Waals surface area contributed by atoms with Crippen LogP contribution in [0, 0.1) is 0 Å². The van der Waals surface area contributed by atoms with Crippen LogP contribution in [0.15, 0.2) is 44.1 Å². The van der Waals surface area contributed by atoms with E-state index in [9.17, 15) is 9.59 Å². The summed E-state index contributed by atoms with van der Waals surface area (Å²) in [5, 5.41) is 8.12. The Bertz CT molecular complexity index is 806. The third kappa shape index (κ3) is 2.35. The number of aromatic nitrogens is 2. The number of nitrogens with zero attached hydrogens (tertiary/aromatic N) is 4. The van der Waals surface area contributed by atoms with Crippen molar-refractivity contribution in [2.24, 2.45) is 24.3 Å². The molecule has 104 valence electrons. The number of nitrogen functional groups attached to an aromatic ring is 1. The van der Waals surface area contributed by atoms with Gasteiger partial charge in [-0.1, -0.05) is 23.7 Å². The van der Waals surface area contributed by atoms with E-state index >= 15 is 0 Å². The lowest BCUT2D eigenvalue weighted by Gasteiger charge is -2.07. The summed E-state index contributed by atoms with van der Waals surface area (Å²) in [6.07, 6.45) is 0. The molecule has 2 N–H and O–H groups in total. The minimum atomic E-state index is -0.610. The van der Waals surface area contributed by atoms with E-state index in [0.717, 1.165) is 9.13 Å². The summed E-state index contributed by atoms with van der Waals surface area (Å²) in [6.45, 7) is 0. The average Bonchev–Trinajstić information content (AvgIpc) is 2.45. The number of anilines is 1. The minimum absolute atomic E-state index is 0.0473. The molecular formula is C12H12ClN5O2. The molecule has 7 nitrogen and oxygen atoms in total. The molecule has 1 aromatic heterocycles. The largest absolute Gasteiger partial charge is 0.383 e. The van der Waals surface area contributed by atoms with Crippen LogP contribution in [-0.2, 0) is 14.1 Å². The van der Waals surface area contributed by atoms with Crippen LogP contribution in [0.3, 0.4) is 0 Å². The fourth-order valence-corrected chi connectivity index (χ4v) is 1.75. The quantitative estimate of drug-likeness (QED) is 0.854. The number of halogens is 1. The molecule has 0 saturated carbocycles. The Labute approximate surface area is 118 Å². The first kappa shape index (κ1) is 14.0. The maximum absolute atomic E-state index is 12.0. The fourth-order valence-electron chi connectivity index (χ4n) is 1.57. The van der Waals surface area contributed by atoms with E-state index in [-0.39, 0.29) is 11.5 Å². The summed E-state index contributed by atoms with van der Waals surface area (Å²) in [5.74, 6) is -0.0473. The highest BCUT2D eigenvalue weighted by Crippen LogP contribution is 2.26. The summed E-state index contributed by atoms with van der Waals surface area (Å²) in [6, 6.07) is 6.79. The van der Waals surface area contributed by atoms with Crippen LogP contribution in [0.5, 0.6) is 0 Å². The summed E-state index contributed by atoms with van der Waals surface area (Å²) in [5.41, 5.74) is 4.89. The van der Waals surface area contributed by atoms with Gasteiger partial charge in [0.2, 0.25) is 0 Å². The van der Waals surface area contributed by atoms with Gasteiger partial charge < -0.3 is 5.73 Å². The summed E-state index contributed by atoms with van der Waals surface area (Å²) < 4.78 is 2.04. The zero-order valence-corrected chi connectivity index (χ0v) is 11.6. The van der Waals surface area contributed by atoms with Crippen LogP contribution in [0.25, 0.3) is 0 Å². The Morgan fingerprint density at radius 3 is 2.40 bits per heavy atom. The molecule has 0 bridgehead atoms. The van der Waals surface area contributed by atoms with Crippen molar-refractivity contribution in [3.63, 3.8) is 0 Å². The average molecular weight is 294 g/mol. The van der Waals surface area contributed by atoms with E-state index in [4.69, 9.17) is 17.3 Å². The standard InChI is InChI=1S/C12H12ClN5O2/c1-17-10(14)9(11(19)18(2)12(17)20)16-15-8-6-4-3-5-7(8)13/h3-6H,14H2,1-2H3. The van der Waals surface area contributed by atoms with Gasteiger partial charge in [0.15, 0.2) is 5.69 Å². The number of hydrogen-bond donors (Lipinski definition) is 1. The van der Waals surface area contributed by atoms with Crippen molar-refractivity contribution in [3.05, 3.63) is 50.1 Å². The van der Waals surface area contributed by atoms with Crippen LogP contribution in [0.4, 0.5) is 17.2 Å². The van der Waals surface area contributed by atoms with Gasteiger partial charge in [0.05, 0.1) is 5.02 Å². The molecule has 0 aliphatic carbocycles. The van der Waals surface area contributed by atoms with Crippen molar-refractivity contribution in [2.45, 2.75) is 0 Å². The predicted octanol–water partition coefficient (Wildman–Crippen LogP) is 1.74. The second-order valence-corrected chi connectivity index (χ2v) is 4.50. The van der Waals surface area contributed by atoms with Gasteiger partial charge in [-0.25, -0.2) is 4.79 Å². The lowest BCUT2D eigenvalue weighted by Crippen LogP contribution is -2.37. The first-order valence-corrected chi connectivity index (χ1v) is 6.03. The minimum Gasteiger partial charge on any atom is -0.383 e. The number of benzene rings is 1. The van der Waals surface area contributed by atoms with E-state index in [2.05, 4.69) is 10.2 Å². The van der Waals surface area contributed by atoms with E-state index in [1.54, 1.807) is 24.3 Å². The van der Waals surface area contributed by atoms with Crippen LogP contribution >= 0.6 is 11.6 Å². The molecule has 8 heteroatoms. The number of rotatable bonds is 2. The van der Waals surface area contributed by atoms with Crippen molar-refractivity contribution in [2.75, 3.05) is 5.73 Å². The molecule has 0 atom stereocenters. The summed E-state index contributed by atoms with van der Waals surface area (Å²) in [7, 11) is 2.80. The highest BCUT2D eigenvalue weighted by atomic mass is 35.5. The fraction of sp³-hybridized carbons (Fsp3) is 0.167. The van der Waals surface area contributed by atoms with E-state index < -0.39 is 11.2 Å². The Morgan fingerprint density at radius 1 is 1.10 bits per heavy atom. The third-order valence-corrected chi connectivity index (χ3v) is 3.11. The molecule has 0 aliphatic heterocycles. The van der Waals surface area contributed by atoms with E-state index in [1.165, 1.54) is 14.1 Å². The Morgan fingerprint density at radius 2 is 1.75 bits per heavy atom. The van der Waals surface area contributed by atoms with Crippen molar-refractivity contribution in [3.8, 4) is 0 Å². The molecule has 1 aromatic carbocycles. The van der Waals surface area contributed by atoms with Crippen LogP contribution in [0.1, 0.15) is 0 Å². The predicted molar refractivity (Wildman–Crippen MR) is 77.0 cm³/mol. The van der Waals surface area contributed by atoms with Gasteiger partial charge in [0.1, 0.15) is 11.5 Å². The maximum Gasteiger partial charge on any atom is 0.332 e. The normalized spacial score (nSPS) is 11.2.